The van der Waals surface area contributed by atoms with Gasteiger partial charge in [-0.1, -0.05) is 30.3 Å². The molecule has 6 heteroatoms. The zero-order valence-corrected chi connectivity index (χ0v) is 12.3. The third kappa shape index (κ3) is 3.60. The SMILES string of the molecule is Cc1ccccc1O[C@@H](C)C(=O)Nc1ccccc1[N+](=O)[O-]. The highest BCUT2D eigenvalue weighted by molar-refractivity contribution is 5.96. The summed E-state index contributed by atoms with van der Waals surface area (Å²) in [5.74, 6) is 0.158. The Morgan fingerprint density at radius 1 is 1.18 bits per heavy atom. The van der Waals surface area contributed by atoms with Gasteiger partial charge in [-0.15, -0.1) is 0 Å². The second-order valence-electron chi connectivity index (χ2n) is 4.79. The van der Waals surface area contributed by atoms with E-state index in [0.29, 0.717) is 5.75 Å². The summed E-state index contributed by atoms with van der Waals surface area (Å²) in [7, 11) is 0. The van der Waals surface area contributed by atoms with Gasteiger partial charge in [0.15, 0.2) is 6.10 Å². The highest BCUT2D eigenvalue weighted by atomic mass is 16.6. The number of nitro groups is 1. The monoisotopic (exact) mass is 300 g/mol. The van der Waals surface area contributed by atoms with Crippen LogP contribution in [0.3, 0.4) is 0 Å². The molecule has 1 N–H and O–H groups in total. The van der Waals surface area contributed by atoms with Crippen LogP contribution in [-0.2, 0) is 4.79 Å². The van der Waals surface area contributed by atoms with Crippen LogP contribution in [0.25, 0.3) is 0 Å². The molecule has 1 amide bonds. The van der Waals surface area contributed by atoms with E-state index >= 15 is 0 Å². The van der Waals surface area contributed by atoms with Gasteiger partial charge in [0.25, 0.3) is 11.6 Å². The number of carbonyl (C=O) groups is 1. The van der Waals surface area contributed by atoms with Crippen LogP contribution >= 0.6 is 0 Å². The Balaban J connectivity index is 2.09. The Hall–Kier alpha value is -2.89. The number of anilines is 1. The Kier molecular flexibility index (Phi) is 4.73. The number of carbonyl (C=O) groups excluding carboxylic acids is 1. The highest BCUT2D eigenvalue weighted by Gasteiger charge is 2.20. The van der Waals surface area contributed by atoms with Crippen LogP contribution in [-0.4, -0.2) is 16.9 Å². The highest BCUT2D eigenvalue weighted by Crippen LogP contribution is 2.24. The van der Waals surface area contributed by atoms with Crippen LogP contribution in [0.1, 0.15) is 12.5 Å². The van der Waals surface area contributed by atoms with Crippen LogP contribution in [0, 0.1) is 17.0 Å². The first-order valence-electron chi connectivity index (χ1n) is 6.75. The van der Waals surface area contributed by atoms with Gasteiger partial charge in [0, 0.05) is 6.07 Å². The second-order valence-corrected chi connectivity index (χ2v) is 4.79. The van der Waals surface area contributed by atoms with E-state index in [1.54, 1.807) is 25.1 Å². The third-order valence-corrected chi connectivity index (χ3v) is 3.13. The van der Waals surface area contributed by atoms with E-state index in [0.717, 1.165) is 5.56 Å². The van der Waals surface area contributed by atoms with Gasteiger partial charge in [0.2, 0.25) is 0 Å². The first-order chi connectivity index (χ1) is 10.5. The molecule has 0 aliphatic rings. The van der Waals surface area contributed by atoms with Crippen molar-refractivity contribution in [3.63, 3.8) is 0 Å². The molecule has 6 nitrogen and oxygen atoms in total. The van der Waals surface area contributed by atoms with Crippen LogP contribution in [0.4, 0.5) is 11.4 Å². The molecule has 0 spiro atoms. The molecule has 1 atom stereocenters. The molecule has 22 heavy (non-hydrogen) atoms. The lowest BCUT2D eigenvalue weighted by Crippen LogP contribution is -2.30. The summed E-state index contributed by atoms with van der Waals surface area (Å²) in [6.07, 6.45) is -0.777. The summed E-state index contributed by atoms with van der Waals surface area (Å²) in [6.45, 7) is 3.47. The van der Waals surface area contributed by atoms with Crippen molar-refractivity contribution in [3.05, 3.63) is 64.2 Å². The van der Waals surface area contributed by atoms with Gasteiger partial charge < -0.3 is 10.1 Å². The van der Waals surface area contributed by atoms with Crippen molar-refractivity contribution in [2.75, 3.05) is 5.32 Å². The van der Waals surface area contributed by atoms with E-state index < -0.39 is 16.9 Å². The fraction of sp³-hybridized carbons (Fsp3) is 0.188. The summed E-state index contributed by atoms with van der Waals surface area (Å²) < 4.78 is 5.60. The van der Waals surface area contributed by atoms with Crippen LogP contribution in [0.2, 0.25) is 0 Å². The number of amides is 1. The molecule has 0 saturated carbocycles. The van der Waals surface area contributed by atoms with Gasteiger partial charge in [0.05, 0.1) is 4.92 Å². The largest absolute Gasteiger partial charge is 0.481 e. The number of aryl methyl sites for hydroxylation is 1. The molecule has 2 aromatic carbocycles. The van der Waals surface area contributed by atoms with E-state index in [2.05, 4.69) is 5.32 Å². The van der Waals surface area contributed by atoms with Gasteiger partial charge in [-0.2, -0.15) is 0 Å². The van der Waals surface area contributed by atoms with Crippen molar-refractivity contribution < 1.29 is 14.5 Å². The predicted molar refractivity (Wildman–Crippen MR) is 83.0 cm³/mol. The normalized spacial score (nSPS) is 11.5. The Bertz CT molecular complexity index is 700. The molecular weight excluding hydrogens is 284 g/mol. The minimum atomic E-state index is -0.777. The number of ether oxygens (including phenoxy) is 1. The average molecular weight is 300 g/mol. The standard InChI is InChI=1S/C16H16N2O4/c1-11-7-3-6-10-15(11)22-12(2)16(19)17-13-8-4-5-9-14(13)18(20)21/h3-10,12H,1-2H3,(H,17,19)/t12-/m0/s1. The van der Waals surface area contributed by atoms with E-state index in [1.807, 2.05) is 25.1 Å². The molecule has 2 aromatic rings. The van der Waals surface area contributed by atoms with Crippen molar-refractivity contribution in [1.82, 2.24) is 0 Å². The van der Waals surface area contributed by atoms with E-state index in [-0.39, 0.29) is 11.4 Å². The number of rotatable bonds is 5. The summed E-state index contributed by atoms with van der Waals surface area (Å²) in [4.78, 5) is 22.5. The molecule has 0 unspecified atom stereocenters. The van der Waals surface area contributed by atoms with Gasteiger partial charge in [-0.25, -0.2) is 0 Å². The second kappa shape index (κ2) is 6.71. The lowest BCUT2D eigenvalue weighted by Gasteiger charge is -2.16. The number of para-hydroxylation sites is 3. The zero-order valence-electron chi connectivity index (χ0n) is 12.3. The van der Waals surface area contributed by atoms with Crippen molar-refractivity contribution >= 4 is 17.3 Å². The third-order valence-electron chi connectivity index (χ3n) is 3.13. The number of benzene rings is 2. The van der Waals surface area contributed by atoms with Gasteiger partial charge >= 0.3 is 0 Å². The fourth-order valence-corrected chi connectivity index (χ4v) is 1.91. The summed E-state index contributed by atoms with van der Waals surface area (Å²) in [6, 6.07) is 13.3. The van der Waals surface area contributed by atoms with Crippen LogP contribution in [0.15, 0.2) is 48.5 Å². The number of nitro benzene ring substituents is 1. The van der Waals surface area contributed by atoms with Crippen molar-refractivity contribution in [2.45, 2.75) is 20.0 Å². The average Bonchev–Trinajstić information content (AvgIpc) is 2.49. The number of nitrogens with zero attached hydrogens (tertiary/aromatic N) is 1. The maximum atomic E-state index is 12.1. The molecule has 0 heterocycles. The first-order valence-corrected chi connectivity index (χ1v) is 6.75. The lowest BCUT2D eigenvalue weighted by atomic mass is 10.2. The lowest BCUT2D eigenvalue weighted by molar-refractivity contribution is -0.383. The minimum Gasteiger partial charge on any atom is -0.481 e. The molecule has 114 valence electrons. The van der Waals surface area contributed by atoms with Gasteiger partial charge in [0.1, 0.15) is 11.4 Å². The predicted octanol–water partition coefficient (Wildman–Crippen LogP) is 3.31. The quantitative estimate of drug-likeness (QED) is 0.678. The molecule has 2 rings (SSSR count). The summed E-state index contributed by atoms with van der Waals surface area (Å²) in [5, 5.41) is 13.5. The number of hydrogen-bond donors (Lipinski definition) is 1. The molecule has 0 saturated heterocycles. The van der Waals surface area contributed by atoms with Gasteiger partial charge in [-0.05, 0) is 31.5 Å². The van der Waals surface area contributed by atoms with Gasteiger partial charge in [-0.3, -0.25) is 14.9 Å². The molecule has 0 fully saturated rings. The molecule has 0 aliphatic carbocycles. The van der Waals surface area contributed by atoms with Crippen molar-refractivity contribution in [1.29, 1.82) is 0 Å². The number of hydrogen-bond acceptors (Lipinski definition) is 4. The summed E-state index contributed by atoms with van der Waals surface area (Å²) >= 11 is 0. The Morgan fingerprint density at radius 3 is 2.50 bits per heavy atom. The summed E-state index contributed by atoms with van der Waals surface area (Å²) in [5.41, 5.74) is 0.907. The maximum Gasteiger partial charge on any atom is 0.292 e. The van der Waals surface area contributed by atoms with E-state index in [4.69, 9.17) is 4.74 Å². The van der Waals surface area contributed by atoms with E-state index in [1.165, 1.54) is 12.1 Å². The first kappa shape index (κ1) is 15.5. The smallest absolute Gasteiger partial charge is 0.292 e. The molecule has 0 aliphatic heterocycles. The minimum absolute atomic E-state index is 0.151. The van der Waals surface area contributed by atoms with Crippen LogP contribution in [0.5, 0.6) is 5.75 Å². The van der Waals surface area contributed by atoms with E-state index in [9.17, 15) is 14.9 Å². The molecule has 0 radical (unpaired) electrons. The zero-order chi connectivity index (χ0) is 16.1. The Labute approximate surface area is 127 Å². The van der Waals surface area contributed by atoms with Crippen molar-refractivity contribution in [2.24, 2.45) is 0 Å². The van der Waals surface area contributed by atoms with Crippen LogP contribution < -0.4 is 10.1 Å². The fourth-order valence-electron chi connectivity index (χ4n) is 1.91. The molecular formula is C16H16N2O4. The molecule has 0 aromatic heterocycles. The number of nitrogens with one attached hydrogen (secondary N) is 1. The Morgan fingerprint density at radius 2 is 1.82 bits per heavy atom. The topological polar surface area (TPSA) is 81.5 Å². The molecule has 0 bridgehead atoms. The van der Waals surface area contributed by atoms with Crippen molar-refractivity contribution in [3.8, 4) is 5.75 Å². The maximum absolute atomic E-state index is 12.1.